The molecule has 0 unspecified atom stereocenters. The van der Waals surface area contributed by atoms with Gasteiger partial charge in [-0.05, 0) is 6.42 Å². The van der Waals surface area contributed by atoms with Crippen molar-refractivity contribution in [2.45, 2.75) is 13.3 Å². The Balaban J connectivity index is 3.02. The first-order valence-corrected chi connectivity index (χ1v) is 3.43. The molecular formula is C7H11N3O. The van der Waals surface area contributed by atoms with Crippen LogP contribution in [0.5, 0.6) is 5.88 Å². The Hall–Kier alpha value is -1.32. The fraction of sp³-hybridized carbons (Fsp3) is 0.429. The second-order valence-corrected chi connectivity index (χ2v) is 2.11. The largest absolute Gasteiger partial charge is 0.481 e. The average molecular weight is 153 g/mol. The summed E-state index contributed by atoms with van der Waals surface area (Å²) < 4.78 is 4.91. The molecule has 0 amide bonds. The lowest BCUT2D eigenvalue weighted by atomic mass is 10.3. The van der Waals surface area contributed by atoms with Gasteiger partial charge >= 0.3 is 0 Å². The van der Waals surface area contributed by atoms with E-state index in [1.807, 2.05) is 6.92 Å². The number of methoxy groups -OCH3 is 1. The lowest BCUT2D eigenvalue weighted by molar-refractivity contribution is 0.397. The zero-order valence-corrected chi connectivity index (χ0v) is 6.66. The standard InChI is InChI=1S/C7H11N3O/c1-3-5-4-6(11-2)10-7(8)9-5/h4H,3H2,1-2H3,(H2,8,9,10). The Kier molecular flexibility index (Phi) is 2.25. The van der Waals surface area contributed by atoms with Crippen molar-refractivity contribution in [3.63, 3.8) is 0 Å². The fourth-order valence-electron chi connectivity index (χ4n) is 0.778. The van der Waals surface area contributed by atoms with E-state index in [9.17, 15) is 0 Å². The van der Waals surface area contributed by atoms with Crippen LogP contribution in [0.3, 0.4) is 0 Å². The van der Waals surface area contributed by atoms with Crippen molar-refractivity contribution < 1.29 is 4.74 Å². The third-order valence-corrected chi connectivity index (χ3v) is 1.34. The summed E-state index contributed by atoms with van der Waals surface area (Å²) in [6, 6.07) is 1.77. The van der Waals surface area contributed by atoms with E-state index in [1.54, 1.807) is 13.2 Å². The van der Waals surface area contributed by atoms with Gasteiger partial charge in [-0.1, -0.05) is 6.92 Å². The summed E-state index contributed by atoms with van der Waals surface area (Å²) in [5, 5.41) is 0. The number of ether oxygens (including phenoxy) is 1. The van der Waals surface area contributed by atoms with E-state index in [1.165, 1.54) is 0 Å². The van der Waals surface area contributed by atoms with Crippen molar-refractivity contribution >= 4 is 5.95 Å². The van der Waals surface area contributed by atoms with Gasteiger partial charge in [0.25, 0.3) is 0 Å². The number of nitrogen functional groups attached to an aromatic ring is 1. The summed E-state index contributed by atoms with van der Waals surface area (Å²) in [5.74, 6) is 0.788. The van der Waals surface area contributed by atoms with Gasteiger partial charge in [-0.15, -0.1) is 0 Å². The summed E-state index contributed by atoms with van der Waals surface area (Å²) in [6.45, 7) is 2.00. The summed E-state index contributed by atoms with van der Waals surface area (Å²) in [7, 11) is 1.56. The summed E-state index contributed by atoms with van der Waals surface area (Å²) in [4.78, 5) is 7.83. The maximum atomic E-state index is 5.41. The molecular weight excluding hydrogens is 142 g/mol. The molecule has 0 aliphatic heterocycles. The Bertz CT molecular complexity index is 227. The topological polar surface area (TPSA) is 61.0 Å². The summed E-state index contributed by atoms with van der Waals surface area (Å²) in [5.41, 5.74) is 6.31. The molecule has 1 rings (SSSR count). The second kappa shape index (κ2) is 3.18. The van der Waals surface area contributed by atoms with Gasteiger partial charge in [0.05, 0.1) is 7.11 Å². The maximum absolute atomic E-state index is 5.41. The Morgan fingerprint density at radius 1 is 1.55 bits per heavy atom. The van der Waals surface area contributed by atoms with Gasteiger partial charge in [-0.25, -0.2) is 4.98 Å². The third kappa shape index (κ3) is 1.80. The van der Waals surface area contributed by atoms with Crippen molar-refractivity contribution in [3.8, 4) is 5.88 Å². The minimum atomic E-state index is 0.265. The van der Waals surface area contributed by atoms with E-state index >= 15 is 0 Å². The van der Waals surface area contributed by atoms with Crippen molar-refractivity contribution in [2.24, 2.45) is 0 Å². The van der Waals surface area contributed by atoms with Crippen LogP contribution in [-0.4, -0.2) is 17.1 Å². The van der Waals surface area contributed by atoms with Crippen LogP contribution in [0.2, 0.25) is 0 Å². The molecule has 0 bridgehead atoms. The van der Waals surface area contributed by atoms with Crippen molar-refractivity contribution in [3.05, 3.63) is 11.8 Å². The summed E-state index contributed by atoms with van der Waals surface area (Å²) in [6.07, 6.45) is 0.836. The molecule has 4 heteroatoms. The highest BCUT2D eigenvalue weighted by Gasteiger charge is 1.98. The van der Waals surface area contributed by atoms with E-state index < -0.39 is 0 Å². The summed E-state index contributed by atoms with van der Waals surface area (Å²) >= 11 is 0. The molecule has 0 saturated carbocycles. The Labute approximate surface area is 65.4 Å². The molecule has 0 atom stereocenters. The molecule has 0 radical (unpaired) electrons. The third-order valence-electron chi connectivity index (χ3n) is 1.34. The zero-order chi connectivity index (χ0) is 8.27. The van der Waals surface area contributed by atoms with Gasteiger partial charge in [0, 0.05) is 11.8 Å². The molecule has 0 aromatic carbocycles. The maximum Gasteiger partial charge on any atom is 0.223 e. The highest BCUT2D eigenvalue weighted by molar-refractivity contribution is 5.25. The van der Waals surface area contributed by atoms with Crippen LogP contribution in [0.25, 0.3) is 0 Å². The fourth-order valence-corrected chi connectivity index (χ4v) is 0.778. The molecule has 0 fully saturated rings. The van der Waals surface area contributed by atoms with Gasteiger partial charge in [-0.2, -0.15) is 4.98 Å². The van der Waals surface area contributed by atoms with E-state index in [4.69, 9.17) is 10.5 Å². The van der Waals surface area contributed by atoms with Crippen LogP contribution >= 0.6 is 0 Å². The first-order valence-electron chi connectivity index (χ1n) is 3.43. The molecule has 4 nitrogen and oxygen atoms in total. The number of anilines is 1. The molecule has 0 aliphatic carbocycles. The molecule has 60 valence electrons. The minimum Gasteiger partial charge on any atom is -0.481 e. The normalized spacial score (nSPS) is 9.64. The van der Waals surface area contributed by atoms with Crippen molar-refractivity contribution in [2.75, 3.05) is 12.8 Å². The first kappa shape index (κ1) is 7.78. The molecule has 1 aromatic heterocycles. The molecule has 11 heavy (non-hydrogen) atoms. The highest BCUT2D eigenvalue weighted by Crippen LogP contribution is 2.09. The predicted molar refractivity (Wildman–Crippen MR) is 42.4 cm³/mol. The molecule has 2 N–H and O–H groups in total. The lowest BCUT2D eigenvalue weighted by Gasteiger charge is -2.01. The minimum absolute atomic E-state index is 0.265. The average Bonchev–Trinajstić information content (AvgIpc) is 2.03. The van der Waals surface area contributed by atoms with E-state index in [0.717, 1.165) is 12.1 Å². The Morgan fingerprint density at radius 2 is 2.27 bits per heavy atom. The van der Waals surface area contributed by atoms with E-state index in [2.05, 4.69) is 9.97 Å². The number of hydrogen-bond donors (Lipinski definition) is 1. The molecule has 0 spiro atoms. The van der Waals surface area contributed by atoms with Crippen LogP contribution in [0, 0.1) is 0 Å². The van der Waals surface area contributed by atoms with Gasteiger partial charge in [-0.3, -0.25) is 0 Å². The SMILES string of the molecule is CCc1cc(OC)nc(N)n1. The molecule has 1 heterocycles. The molecule has 1 aromatic rings. The van der Waals surface area contributed by atoms with Gasteiger partial charge in [0.2, 0.25) is 11.8 Å². The van der Waals surface area contributed by atoms with Crippen molar-refractivity contribution in [1.82, 2.24) is 9.97 Å². The molecule has 0 aliphatic rings. The van der Waals surface area contributed by atoms with Crippen LogP contribution in [0.4, 0.5) is 5.95 Å². The van der Waals surface area contributed by atoms with Gasteiger partial charge < -0.3 is 10.5 Å². The van der Waals surface area contributed by atoms with Gasteiger partial charge in [0.15, 0.2) is 0 Å². The lowest BCUT2D eigenvalue weighted by Crippen LogP contribution is -2.00. The smallest absolute Gasteiger partial charge is 0.223 e. The van der Waals surface area contributed by atoms with E-state index in [-0.39, 0.29) is 5.95 Å². The number of nitrogens with two attached hydrogens (primary N) is 1. The predicted octanol–water partition coefficient (Wildman–Crippen LogP) is 0.630. The van der Waals surface area contributed by atoms with Crippen molar-refractivity contribution in [1.29, 1.82) is 0 Å². The van der Waals surface area contributed by atoms with Crippen LogP contribution in [-0.2, 0) is 6.42 Å². The number of aromatic nitrogens is 2. The van der Waals surface area contributed by atoms with E-state index in [0.29, 0.717) is 5.88 Å². The first-order chi connectivity index (χ1) is 5.26. The van der Waals surface area contributed by atoms with Crippen LogP contribution in [0.15, 0.2) is 6.07 Å². The molecule has 0 saturated heterocycles. The monoisotopic (exact) mass is 153 g/mol. The van der Waals surface area contributed by atoms with Gasteiger partial charge in [0.1, 0.15) is 0 Å². The number of nitrogens with zero attached hydrogens (tertiary/aromatic N) is 2. The Morgan fingerprint density at radius 3 is 2.82 bits per heavy atom. The number of rotatable bonds is 2. The zero-order valence-electron chi connectivity index (χ0n) is 6.66. The quantitative estimate of drug-likeness (QED) is 0.677. The number of aryl methyl sites for hydroxylation is 1. The van der Waals surface area contributed by atoms with Crippen LogP contribution < -0.4 is 10.5 Å². The second-order valence-electron chi connectivity index (χ2n) is 2.11. The number of hydrogen-bond acceptors (Lipinski definition) is 4. The van der Waals surface area contributed by atoms with Crippen LogP contribution in [0.1, 0.15) is 12.6 Å². The highest BCUT2D eigenvalue weighted by atomic mass is 16.5.